The van der Waals surface area contributed by atoms with Gasteiger partial charge in [-0.05, 0) is 42.7 Å². The fraction of sp³-hybridized carbons (Fsp3) is 0.412. The Labute approximate surface area is 172 Å². The van der Waals surface area contributed by atoms with Gasteiger partial charge in [0.15, 0.2) is 0 Å². The van der Waals surface area contributed by atoms with Crippen LogP contribution in [0.2, 0.25) is 0 Å². The van der Waals surface area contributed by atoms with E-state index >= 15 is 0 Å². The molecule has 0 spiro atoms. The minimum atomic E-state index is -3.99. The maximum absolute atomic E-state index is 13.1. The normalized spacial score (nSPS) is 17.8. The number of aryl methyl sites for hydroxylation is 1. The molecule has 10 nitrogen and oxygen atoms in total. The number of piperazine rings is 1. The quantitative estimate of drug-likeness (QED) is 0.618. The summed E-state index contributed by atoms with van der Waals surface area (Å²) in [6.07, 6.45) is 0. The average molecular weight is 441 g/mol. The molecule has 0 radical (unpaired) electrons. The number of nitrogens with zero attached hydrogens (tertiary/aromatic N) is 4. The molecule has 12 heteroatoms. The van der Waals surface area contributed by atoms with Crippen LogP contribution in [0.25, 0.3) is 0 Å². The first-order valence-electron chi connectivity index (χ1n) is 8.61. The zero-order valence-electron chi connectivity index (χ0n) is 16.1. The van der Waals surface area contributed by atoms with Crippen LogP contribution in [0.5, 0.6) is 5.75 Å². The molecule has 0 aliphatic carbocycles. The predicted octanol–water partition coefficient (Wildman–Crippen LogP) is 0.543. The zero-order valence-corrected chi connectivity index (χ0v) is 17.7. The molecule has 1 aliphatic heterocycles. The van der Waals surface area contributed by atoms with Gasteiger partial charge in [-0.3, -0.25) is 9.59 Å². The van der Waals surface area contributed by atoms with Crippen molar-refractivity contribution in [2.24, 2.45) is 0 Å². The minimum Gasteiger partial charge on any atom is -0.497 e. The van der Waals surface area contributed by atoms with Gasteiger partial charge in [-0.1, -0.05) is 4.49 Å². The Morgan fingerprint density at radius 1 is 1.17 bits per heavy atom. The van der Waals surface area contributed by atoms with Crippen LogP contribution >= 0.6 is 11.5 Å². The van der Waals surface area contributed by atoms with Gasteiger partial charge < -0.3 is 14.4 Å². The van der Waals surface area contributed by atoms with Gasteiger partial charge in [0.25, 0.3) is 5.91 Å². The molecular formula is C17H20N4O6S2. The van der Waals surface area contributed by atoms with E-state index in [-0.39, 0.29) is 30.4 Å². The van der Waals surface area contributed by atoms with Gasteiger partial charge in [0.05, 0.1) is 24.8 Å². The van der Waals surface area contributed by atoms with Crippen LogP contribution in [0, 0.1) is 6.92 Å². The van der Waals surface area contributed by atoms with Gasteiger partial charge in [-0.25, -0.2) is 8.42 Å². The highest BCUT2D eigenvalue weighted by atomic mass is 32.2. The van der Waals surface area contributed by atoms with Gasteiger partial charge in [0.2, 0.25) is 10.0 Å². The Balaban J connectivity index is 1.88. The molecule has 2 heterocycles. The second-order valence-electron chi connectivity index (χ2n) is 6.27. The SMILES string of the molecule is COC(=O)C1CN(C(=O)c2snnc2C)CCN1S(=O)(=O)c1ccc(OC)cc1. The van der Waals surface area contributed by atoms with Gasteiger partial charge in [0.1, 0.15) is 16.7 Å². The highest BCUT2D eigenvalue weighted by Crippen LogP contribution is 2.25. The van der Waals surface area contributed by atoms with E-state index in [0.29, 0.717) is 16.3 Å². The van der Waals surface area contributed by atoms with Gasteiger partial charge in [0, 0.05) is 19.6 Å². The van der Waals surface area contributed by atoms with Gasteiger partial charge >= 0.3 is 5.97 Å². The summed E-state index contributed by atoms with van der Waals surface area (Å²) in [5.74, 6) is -0.566. The number of carbonyl (C=O) groups excluding carboxylic acids is 2. The molecule has 1 amide bonds. The monoisotopic (exact) mass is 440 g/mol. The summed E-state index contributed by atoms with van der Waals surface area (Å²) in [6.45, 7) is 1.61. The molecule has 0 N–H and O–H groups in total. The Morgan fingerprint density at radius 2 is 1.86 bits per heavy atom. The van der Waals surface area contributed by atoms with Crippen LogP contribution in [0.1, 0.15) is 15.4 Å². The Hall–Kier alpha value is -2.57. The van der Waals surface area contributed by atoms with Crippen molar-refractivity contribution in [3.63, 3.8) is 0 Å². The number of ether oxygens (including phenoxy) is 2. The molecule has 1 saturated heterocycles. The van der Waals surface area contributed by atoms with Crippen LogP contribution in [0.4, 0.5) is 0 Å². The fourth-order valence-electron chi connectivity index (χ4n) is 3.02. The van der Waals surface area contributed by atoms with Crippen LogP contribution in [-0.4, -0.2) is 79.0 Å². The maximum Gasteiger partial charge on any atom is 0.326 e. The molecule has 1 atom stereocenters. The topological polar surface area (TPSA) is 119 Å². The lowest BCUT2D eigenvalue weighted by Crippen LogP contribution is -2.59. The van der Waals surface area contributed by atoms with Crippen molar-refractivity contribution < 1.29 is 27.5 Å². The lowest BCUT2D eigenvalue weighted by Gasteiger charge is -2.38. The second kappa shape index (κ2) is 8.43. The van der Waals surface area contributed by atoms with Crippen molar-refractivity contribution in [1.29, 1.82) is 0 Å². The third kappa shape index (κ3) is 4.09. The number of sulfonamides is 1. The standard InChI is InChI=1S/C17H20N4O6S2/c1-11-15(28-19-18-11)16(22)20-8-9-21(14(10-20)17(23)27-3)29(24,25)13-6-4-12(26-2)5-7-13/h4-7,14H,8-10H2,1-3H3. The van der Waals surface area contributed by atoms with Crippen molar-refractivity contribution >= 4 is 33.4 Å². The van der Waals surface area contributed by atoms with E-state index in [1.54, 1.807) is 6.92 Å². The molecule has 3 rings (SSSR count). The number of hydrogen-bond acceptors (Lipinski definition) is 9. The number of methoxy groups -OCH3 is 2. The van der Waals surface area contributed by atoms with E-state index in [2.05, 4.69) is 9.59 Å². The van der Waals surface area contributed by atoms with Crippen LogP contribution < -0.4 is 4.74 Å². The molecular weight excluding hydrogens is 420 g/mol. The van der Waals surface area contributed by atoms with Gasteiger partial charge in [-0.2, -0.15) is 4.31 Å². The Morgan fingerprint density at radius 3 is 2.41 bits per heavy atom. The van der Waals surface area contributed by atoms with Crippen molar-refractivity contribution in [3.05, 3.63) is 34.8 Å². The summed E-state index contributed by atoms with van der Waals surface area (Å²) in [5.41, 5.74) is 0.489. The number of esters is 1. The van der Waals surface area contributed by atoms with E-state index in [1.807, 2.05) is 0 Å². The Bertz CT molecular complexity index is 1010. The van der Waals surface area contributed by atoms with Crippen LogP contribution in [0.3, 0.4) is 0 Å². The minimum absolute atomic E-state index is 0.0227. The molecule has 1 unspecified atom stereocenters. The largest absolute Gasteiger partial charge is 0.497 e. The van der Waals surface area contributed by atoms with Crippen LogP contribution in [0.15, 0.2) is 29.2 Å². The molecule has 1 fully saturated rings. The summed E-state index contributed by atoms with van der Waals surface area (Å²) < 4.78 is 40.9. The van der Waals surface area contributed by atoms with Crippen molar-refractivity contribution in [2.45, 2.75) is 17.9 Å². The van der Waals surface area contributed by atoms with E-state index in [0.717, 1.165) is 15.8 Å². The molecule has 1 aromatic heterocycles. The molecule has 29 heavy (non-hydrogen) atoms. The zero-order chi connectivity index (χ0) is 21.2. The number of carbonyl (C=O) groups is 2. The predicted molar refractivity (Wildman–Crippen MR) is 103 cm³/mol. The first-order valence-corrected chi connectivity index (χ1v) is 10.8. The highest BCUT2D eigenvalue weighted by Gasteiger charge is 2.42. The maximum atomic E-state index is 13.1. The molecule has 1 aromatic carbocycles. The van der Waals surface area contributed by atoms with E-state index in [9.17, 15) is 18.0 Å². The lowest BCUT2D eigenvalue weighted by molar-refractivity contribution is -0.146. The summed E-state index contributed by atoms with van der Waals surface area (Å²) in [4.78, 5) is 26.9. The highest BCUT2D eigenvalue weighted by molar-refractivity contribution is 7.89. The number of benzene rings is 1. The number of hydrogen-bond donors (Lipinski definition) is 0. The van der Waals surface area contributed by atoms with Crippen LogP contribution in [-0.2, 0) is 19.6 Å². The summed E-state index contributed by atoms with van der Waals surface area (Å²) in [6, 6.07) is 4.71. The third-order valence-corrected chi connectivity index (χ3v) is 7.34. The molecule has 2 aromatic rings. The number of rotatable bonds is 5. The number of amides is 1. The Kier molecular flexibility index (Phi) is 6.15. The summed E-state index contributed by atoms with van der Waals surface area (Å²) in [7, 11) is -1.33. The molecule has 1 aliphatic rings. The third-order valence-electron chi connectivity index (χ3n) is 4.60. The summed E-state index contributed by atoms with van der Waals surface area (Å²) in [5, 5.41) is 3.82. The van der Waals surface area contributed by atoms with Crippen molar-refractivity contribution in [2.75, 3.05) is 33.9 Å². The fourth-order valence-corrected chi connectivity index (χ4v) is 5.21. The molecule has 156 valence electrons. The lowest BCUT2D eigenvalue weighted by atomic mass is 10.2. The van der Waals surface area contributed by atoms with E-state index in [4.69, 9.17) is 9.47 Å². The summed E-state index contributed by atoms with van der Waals surface area (Å²) >= 11 is 0.961. The van der Waals surface area contributed by atoms with E-state index < -0.39 is 22.0 Å². The second-order valence-corrected chi connectivity index (χ2v) is 8.91. The average Bonchev–Trinajstić information content (AvgIpc) is 3.18. The van der Waals surface area contributed by atoms with Crippen molar-refractivity contribution in [3.8, 4) is 5.75 Å². The van der Waals surface area contributed by atoms with Gasteiger partial charge in [-0.15, -0.1) is 5.10 Å². The first kappa shape index (κ1) is 21.1. The van der Waals surface area contributed by atoms with E-state index in [1.165, 1.54) is 43.4 Å². The smallest absolute Gasteiger partial charge is 0.326 e. The van der Waals surface area contributed by atoms with Crippen molar-refractivity contribution in [1.82, 2.24) is 18.8 Å². The molecule has 0 bridgehead atoms. The molecule has 0 saturated carbocycles. The first-order chi connectivity index (χ1) is 13.8. The number of aromatic nitrogens is 2.